The van der Waals surface area contributed by atoms with Crippen molar-refractivity contribution in [3.05, 3.63) is 116 Å². The standard InChI is InChI=1S/C62H58N2O2/c1-30-20-31(2)53(32(3)21-30)39-22-45-43-28-52-44(29-51(43)63-56-33(4)54-41(26-49(56)46(23-39)58(45)63)35-10-14-37(15-11-35)60(54)65)47-24-40(62(6)18-8-7-9-19-62)25-48-50-27-42-36-12-16-38(17-13-36)61(66)55(42)34(5)57(50)64(52)59(47)48/h20-29,35-38H,7-19H2,1-6H3. The van der Waals surface area contributed by atoms with E-state index in [2.05, 4.69) is 111 Å². The highest BCUT2D eigenvalue weighted by Gasteiger charge is 2.40. The summed E-state index contributed by atoms with van der Waals surface area (Å²) in [4.78, 5) is 29.2. The second kappa shape index (κ2) is 12.8. The van der Waals surface area contributed by atoms with Crippen molar-refractivity contribution in [2.75, 3.05) is 0 Å². The van der Waals surface area contributed by atoms with Gasteiger partial charge in [-0.3, -0.25) is 9.59 Å². The third-order valence-corrected chi connectivity index (χ3v) is 19.2. The summed E-state index contributed by atoms with van der Waals surface area (Å²) in [5.41, 5.74) is 22.5. The van der Waals surface area contributed by atoms with Crippen LogP contribution in [0.5, 0.6) is 0 Å². The van der Waals surface area contributed by atoms with Crippen molar-refractivity contribution in [3.63, 3.8) is 0 Å². The lowest BCUT2D eigenvalue weighted by atomic mass is 9.70. The molecule has 0 spiro atoms. The molecule has 4 heterocycles. The first kappa shape index (κ1) is 38.4. The molecule has 7 aliphatic rings. The molecule has 4 heteroatoms. The van der Waals surface area contributed by atoms with Gasteiger partial charge in [-0.1, -0.05) is 43.9 Å². The molecule has 3 fully saturated rings. The lowest BCUT2D eigenvalue weighted by molar-refractivity contribution is 0.0890. The molecule has 0 unspecified atom stereocenters. The molecule has 0 saturated heterocycles. The summed E-state index contributed by atoms with van der Waals surface area (Å²) in [5, 5.41) is 10.4. The Morgan fingerprint density at radius 3 is 1.33 bits per heavy atom. The molecule has 0 atom stereocenters. The number of nitrogens with zero attached hydrogens (tertiary/aromatic N) is 2. The lowest BCUT2D eigenvalue weighted by Crippen LogP contribution is -2.24. The lowest BCUT2D eigenvalue weighted by Gasteiger charge is -2.34. The van der Waals surface area contributed by atoms with Gasteiger partial charge < -0.3 is 8.80 Å². The Morgan fingerprint density at radius 1 is 0.439 bits per heavy atom. The van der Waals surface area contributed by atoms with Crippen molar-refractivity contribution in [2.45, 2.75) is 142 Å². The molecule has 6 aromatic carbocycles. The Labute approximate surface area is 386 Å². The minimum absolute atomic E-state index is 0.120. The first-order valence-electron chi connectivity index (χ1n) is 25.7. The normalized spacial score (nSPS) is 23.0. The molecule has 3 saturated carbocycles. The smallest absolute Gasteiger partial charge is 0.166 e. The largest absolute Gasteiger partial charge is 0.308 e. The first-order valence-corrected chi connectivity index (χ1v) is 25.7. The zero-order chi connectivity index (χ0) is 44.4. The van der Waals surface area contributed by atoms with Crippen LogP contribution in [0.3, 0.4) is 0 Å². The van der Waals surface area contributed by atoms with E-state index in [1.54, 1.807) is 0 Å². The molecular formula is C62H58N2O2. The average Bonchev–Trinajstić information content (AvgIpc) is 3.92. The Balaban J connectivity index is 1.13. The van der Waals surface area contributed by atoms with E-state index in [0.29, 0.717) is 23.4 Å². The van der Waals surface area contributed by atoms with Crippen molar-refractivity contribution in [1.29, 1.82) is 0 Å². The highest BCUT2D eigenvalue weighted by atomic mass is 16.1. The molecule has 17 rings (SSSR count). The molecule has 0 N–H and O–H groups in total. The van der Waals surface area contributed by atoms with Crippen molar-refractivity contribution in [1.82, 2.24) is 8.80 Å². The van der Waals surface area contributed by atoms with Crippen LogP contribution in [0.2, 0.25) is 0 Å². The van der Waals surface area contributed by atoms with E-state index in [9.17, 15) is 9.59 Å². The molecule has 7 aliphatic carbocycles. The fourth-order valence-electron chi connectivity index (χ4n) is 16.1. The quantitative estimate of drug-likeness (QED) is 0.174. The number of hydrogen-bond donors (Lipinski definition) is 0. The minimum Gasteiger partial charge on any atom is -0.308 e. The highest BCUT2D eigenvalue weighted by molar-refractivity contribution is 6.31. The molecule has 4 nitrogen and oxygen atoms in total. The van der Waals surface area contributed by atoms with E-state index >= 15 is 0 Å². The van der Waals surface area contributed by atoms with Crippen LogP contribution in [0, 0.1) is 46.5 Å². The molecule has 4 aromatic heterocycles. The van der Waals surface area contributed by atoms with Crippen LogP contribution in [-0.4, -0.2) is 20.4 Å². The van der Waals surface area contributed by atoms with Gasteiger partial charge in [-0.05, 0) is 215 Å². The number of hydrogen-bond acceptors (Lipinski definition) is 2. The predicted molar refractivity (Wildman–Crippen MR) is 273 cm³/mol. The van der Waals surface area contributed by atoms with Gasteiger partial charge in [0.1, 0.15) is 0 Å². The molecule has 0 radical (unpaired) electrons. The summed E-state index contributed by atoms with van der Waals surface area (Å²) in [6, 6.07) is 24.8. The third kappa shape index (κ3) is 4.67. The van der Waals surface area contributed by atoms with Crippen molar-refractivity contribution < 1.29 is 9.59 Å². The molecular weight excluding hydrogens is 805 g/mol. The van der Waals surface area contributed by atoms with Crippen LogP contribution >= 0.6 is 0 Å². The second-order valence-electron chi connectivity index (χ2n) is 22.8. The topological polar surface area (TPSA) is 43.0 Å². The Bertz CT molecular complexity index is 3840. The molecule has 10 aromatic rings. The summed E-state index contributed by atoms with van der Waals surface area (Å²) in [6.45, 7) is 13.8. The number of carbonyl (C=O) groups excluding carboxylic acids is 2. The fourth-order valence-corrected chi connectivity index (χ4v) is 16.1. The van der Waals surface area contributed by atoms with E-state index in [0.717, 1.165) is 68.1 Å². The first-order chi connectivity index (χ1) is 32.0. The SMILES string of the molecule is Cc1cc(C)c(-c2cc3c4cc5c(cc4n4c6c(C)c7c(cc6c(c2)c34)C2CCC(CC2)C7=O)c2cc(C3(C)CCCCC3)cc3c4cc6c(c(C)c4n5c23)C(=O)C2CCC6CC2)c(C)c1. The molecule has 66 heavy (non-hydrogen) atoms. The van der Waals surface area contributed by atoms with Crippen molar-refractivity contribution >= 4 is 87.8 Å². The van der Waals surface area contributed by atoms with Gasteiger partial charge in [-0.2, -0.15) is 0 Å². The monoisotopic (exact) mass is 862 g/mol. The van der Waals surface area contributed by atoms with Gasteiger partial charge in [-0.25, -0.2) is 0 Å². The number of rotatable bonds is 2. The van der Waals surface area contributed by atoms with E-state index in [1.807, 2.05) is 0 Å². The molecule has 4 bridgehead atoms. The maximum atomic E-state index is 14.6. The Kier molecular flexibility index (Phi) is 7.45. The van der Waals surface area contributed by atoms with Crippen LogP contribution < -0.4 is 0 Å². The zero-order valence-electron chi connectivity index (χ0n) is 39.5. The highest BCUT2D eigenvalue weighted by Crippen LogP contribution is 2.54. The maximum Gasteiger partial charge on any atom is 0.166 e. The Morgan fingerprint density at radius 2 is 0.848 bits per heavy atom. The Hall–Kier alpha value is -5.74. The van der Waals surface area contributed by atoms with Crippen LogP contribution in [0.25, 0.3) is 87.3 Å². The van der Waals surface area contributed by atoms with Gasteiger partial charge in [0, 0.05) is 66.1 Å². The summed E-state index contributed by atoms with van der Waals surface area (Å²) in [7, 11) is 0. The zero-order valence-corrected chi connectivity index (χ0v) is 39.5. The summed E-state index contributed by atoms with van der Waals surface area (Å²) < 4.78 is 5.18. The van der Waals surface area contributed by atoms with Gasteiger partial charge in [0.25, 0.3) is 0 Å². The van der Waals surface area contributed by atoms with Crippen LogP contribution in [0.15, 0.2) is 60.7 Å². The number of Topliss-reactive ketones (excluding diaryl/α,β-unsaturated/α-hetero) is 2. The number of fused-ring (bicyclic) bond motifs is 16. The van der Waals surface area contributed by atoms with E-state index in [1.165, 1.54) is 158 Å². The summed E-state index contributed by atoms with van der Waals surface area (Å²) in [6.07, 6.45) is 14.8. The van der Waals surface area contributed by atoms with Gasteiger partial charge in [-0.15, -0.1) is 0 Å². The van der Waals surface area contributed by atoms with Gasteiger partial charge >= 0.3 is 0 Å². The predicted octanol–water partition coefficient (Wildman–Crippen LogP) is 16.4. The average molecular weight is 863 g/mol. The second-order valence-corrected chi connectivity index (χ2v) is 22.8. The number of carbonyl (C=O) groups is 2. The molecule has 328 valence electrons. The van der Waals surface area contributed by atoms with E-state index in [4.69, 9.17) is 0 Å². The van der Waals surface area contributed by atoms with Crippen molar-refractivity contribution in [2.24, 2.45) is 11.8 Å². The fraction of sp³-hybridized carbons (Fsp3) is 0.387. The third-order valence-electron chi connectivity index (χ3n) is 19.2. The van der Waals surface area contributed by atoms with Crippen LogP contribution in [-0.2, 0) is 5.41 Å². The van der Waals surface area contributed by atoms with E-state index < -0.39 is 0 Å². The van der Waals surface area contributed by atoms with Gasteiger partial charge in [0.15, 0.2) is 11.6 Å². The van der Waals surface area contributed by atoms with Gasteiger partial charge in [0.2, 0.25) is 0 Å². The van der Waals surface area contributed by atoms with Crippen molar-refractivity contribution in [3.8, 4) is 11.1 Å². The number of ketones is 2. The van der Waals surface area contributed by atoms with Gasteiger partial charge in [0.05, 0.1) is 33.1 Å². The number of aryl methyl sites for hydroxylation is 5. The summed E-state index contributed by atoms with van der Waals surface area (Å²) in [5.74, 6) is 1.96. The minimum atomic E-state index is 0.120. The maximum absolute atomic E-state index is 14.6. The van der Waals surface area contributed by atoms with E-state index in [-0.39, 0.29) is 17.3 Å². The molecule has 0 aliphatic heterocycles. The number of aromatic nitrogens is 2. The van der Waals surface area contributed by atoms with Crippen LogP contribution in [0.1, 0.15) is 167 Å². The summed E-state index contributed by atoms with van der Waals surface area (Å²) >= 11 is 0. The van der Waals surface area contributed by atoms with Crippen LogP contribution in [0.4, 0.5) is 0 Å². The number of benzene rings is 6. The molecule has 0 amide bonds.